The van der Waals surface area contributed by atoms with Gasteiger partial charge in [0.05, 0.1) is 17.3 Å². The molecule has 5 rings (SSSR count). The molecule has 0 radical (unpaired) electrons. The van der Waals surface area contributed by atoms with E-state index in [0.29, 0.717) is 53.0 Å². The molecule has 0 bridgehead atoms. The van der Waals surface area contributed by atoms with Crippen LogP contribution < -0.4 is 0 Å². The molecule has 4 heterocycles. The molecule has 0 aliphatic carbocycles. The van der Waals surface area contributed by atoms with Crippen LogP contribution in [0, 0.1) is 5.82 Å². The fourth-order valence-electron chi connectivity index (χ4n) is 5.11. The number of rotatable bonds is 6. The Labute approximate surface area is 242 Å². The zero-order valence-electron chi connectivity index (χ0n) is 22.9. The number of carbonyl (C=O) groups excluding carboxylic acids is 1. The maximum absolute atomic E-state index is 15.3. The Bertz CT molecular complexity index is 1650. The van der Waals surface area contributed by atoms with Crippen LogP contribution in [0.3, 0.4) is 0 Å². The van der Waals surface area contributed by atoms with Crippen molar-refractivity contribution in [3.8, 4) is 11.3 Å². The monoisotopic (exact) mass is 573 g/mol. The number of carboxylic acid groups (broad SMARTS) is 1. The molecule has 41 heavy (non-hydrogen) atoms. The van der Waals surface area contributed by atoms with Crippen LogP contribution in [0.5, 0.6) is 0 Å². The van der Waals surface area contributed by atoms with Gasteiger partial charge in [-0.3, -0.25) is 9.78 Å². The molecular formula is C31H29ClFN5O3. The van der Waals surface area contributed by atoms with Gasteiger partial charge in [0.2, 0.25) is 0 Å². The van der Waals surface area contributed by atoms with E-state index < -0.39 is 11.8 Å². The second-order valence-corrected chi connectivity index (χ2v) is 10.3. The second kappa shape index (κ2) is 11.2. The van der Waals surface area contributed by atoms with E-state index >= 15 is 4.39 Å². The number of amides is 1. The summed E-state index contributed by atoms with van der Waals surface area (Å²) in [6.45, 7) is 9.15. The summed E-state index contributed by atoms with van der Waals surface area (Å²) in [4.78, 5) is 37.2. The minimum atomic E-state index is -1.08. The van der Waals surface area contributed by atoms with Crippen LogP contribution in [0.25, 0.3) is 16.8 Å². The first-order chi connectivity index (χ1) is 19.6. The Morgan fingerprint density at radius 1 is 1.20 bits per heavy atom. The molecule has 1 N–H and O–H groups in total. The van der Waals surface area contributed by atoms with Crippen LogP contribution in [0.15, 0.2) is 83.9 Å². The number of hydrogen-bond acceptors (Lipinski definition) is 5. The lowest BCUT2D eigenvalue weighted by atomic mass is 10.0. The maximum Gasteiger partial charge on any atom is 0.337 e. The predicted molar refractivity (Wildman–Crippen MR) is 157 cm³/mol. The molecule has 1 atom stereocenters. The van der Waals surface area contributed by atoms with E-state index in [-0.39, 0.29) is 23.1 Å². The highest BCUT2D eigenvalue weighted by Gasteiger charge is 2.32. The molecule has 2 aliphatic rings. The summed E-state index contributed by atoms with van der Waals surface area (Å²) < 4.78 is 17.3. The number of allylic oxidation sites excluding steroid dienone is 3. The number of carboxylic acids is 1. The van der Waals surface area contributed by atoms with Crippen LogP contribution in [0.4, 0.5) is 4.39 Å². The van der Waals surface area contributed by atoms with Crippen molar-refractivity contribution in [3.63, 3.8) is 0 Å². The number of aliphatic imine (C=N–C) groups is 1. The Hall–Kier alpha value is -4.50. The van der Waals surface area contributed by atoms with Crippen molar-refractivity contribution in [3.05, 3.63) is 107 Å². The minimum Gasteiger partial charge on any atom is -0.478 e. The maximum atomic E-state index is 15.3. The van der Waals surface area contributed by atoms with Gasteiger partial charge in [-0.25, -0.2) is 14.2 Å². The normalized spacial score (nSPS) is 17.7. The van der Waals surface area contributed by atoms with E-state index in [1.54, 1.807) is 29.2 Å². The van der Waals surface area contributed by atoms with Gasteiger partial charge in [0.15, 0.2) is 0 Å². The van der Waals surface area contributed by atoms with Crippen molar-refractivity contribution in [1.29, 1.82) is 0 Å². The van der Waals surface area contributed by atoms with E-state index in [0.717, 1.165) is 11.4 Å². The quantitative estimate of drug-likeness (QED) is 0.380. The molecule has 2 aromatic heterocycles. The van der Waals surface area contributed by atoms with Gasteiger partial charge in [-0.1, -0.05) is 37.2 Å². The summed E-state index contributed by atoms with van der Waals surface area (Å²) >= 11 is 6.29. The molecule has 8 nitrogen and oxygen atoms in total. The first kappa shape index (κ1) is 28.0. The number of benzene rings is 1. The zero-order valence-corrected chi connectivity index (χ0v) is 23.7. The Morgan fingerprint density at radius 2 is 1.98 bits per heavy atom. The lowest BCUT2D eigenvalue weighted by Gasteiger charge is -2.36. The predicted octanol–water partition coefficient (Wildman–Crippen LogP) is 6.18. The average molecular weight is 574 g/mol. The molecule has 210 valence electrons. The zero-order chi connectivity index (χ0) is 29.4. The third-order valence-electron chi connectivity index (χ3n) is 7.50. The van der Waals surface area contributed by atoms with Crippen LogP contribution in [0.2, 0.25) is 5.15 Å². The molecule has 3 aromatic rings. The van der Waals surface area contributed by atoms with Crippen LogP contribution in [0.1, 0.15) is 47.9 Å². The number of carbonyl (C=O) groups is 2. The van der Waals surface area contributed by atoms with Gasteiger partial charge in [-0.2, -0.15) is 0 Å². The molecule has 1 unspecified atom stereocenters. The molecule has 1 amide bonds. The second-order valence-electron chi connectivity index (χ2n) is 9.91. The molecule has 10 heteroatoms. The molecule has 0 saturated carbocycles. The van der Waals surface area contributed by atoms with Crippen molar-refractivity contribution in [2.75, 3.05) is 13.6 Å². The van der Waals surface area contributed by atoms with Gasteiger partial charge in [0.1, 0.15) is 22.5 Å². The number of pyridine rings is 1. The van der Waals surface area contributed by atoms with Crippen molar-refractivity contribution in [2.45, 2.75) is 32.9 Å². The highest BCUT2D eigenvalue weighted by atomic mass is 35.5. The average Bonchev–Trinajstić information content (AvgIpc) is 3.35. The van der Waals surface area contributed by atoms with Crippen LogP contribution in [-0.4, -0.2) is 55.6 Å². The summed E-state index contributed by atoms with van der Waals surface area (Å²) in [5, 5.41) is 9.73. The van der Waals surface area contributed by atoms with Gasteiger partial charge < -0.3 is 19.5 Å². The topological polar surface area (TPSA) is 91.0 Å². The van der Waals surface area contributed by atoms with E-state index in [4.69, 9.17) is 16.7 Å². The highest BCUT2D eigenvalue weighted by Crippen LogP contribution is 2.32. The number of hydrogen-bond donors (Lipinski definition) is 1. The van der Waals surface area contributed by atoms with E-state index in [9.17, 15) is 9.59 Å². The first-order valence-electron chi connectivity index (χ1n) is 13.2. The van der Waals surface area contributed by atoms with E-state index in [1.807, 2.05) is 42.5 Å². The van der Waals surface area contributed by atoms with Gasteiger partial charge >= 0.3 is 5.97 Å². The molecule has 0 fully saturated rings. The standard InChI is InChI=1S/C31H29ClFN5O3/c1-5-22-16-26(30(39)37-12-13-38-27(19(37)3)10-11-28(38)32)35-29(36(22)4)14-18(2)23-8-6-20(15-24(23)33)25-9-7-21(17-34-25)31(40)41/h6-11,14-17,19H,2,5,12-13H2,1,3-4H3,(H,40,41)/b29-14-. The third kappa shape index (κ3) is 5.32. The smallest absolute Gasteiger partial charge is 0.337 e. The van der Waals surface area contributed by atoms with Gasteiger partial charge in [-0.05, 0) is 61.4 Å². The largest absolute Gasteiger partial charge is 0.478 e. The Balaban J connectivity index is 1.41. The van der Waals surface area contributed by atoms with Crippen molar-refractivity contribution >= 4 is 34.8 Å². The summed E-state index contributed by atoms with van der Waals surface area (Å²) in [5.41, 5.74) is 3.83. The number of aromatic nitrogens is 2. The van der Waals surface area contributed by atoms with Crippen LogP contribution in [-0.2, 0) is 11.3 Å². The van der Waals surface area contributed by atoms with Gasteiger partial charge in [-0.15, -0.1) is 0 Å². The number of nitrogens with zero attached hydrogens (tertiary/aromatic N) is 5. The Morgan fingerprint density at radius 3 is 2.63 bits per heavy atom. The molecule has 0 saturated heterocycles. The first-order valence-corrected chi connectivity index (χ1v) is 13.6. The molecule has 2 aliphatic heterocycles. The lowest BCUT2D eigenvalue weighted by Crippen LogP contribution is -2.44. The van der Waals surface area contributed by atoms with Crippen LogP contribution >= 0.6 is 11.6 Å². The molecule has 1 aromatic carbocycles. The minimum absolute atomic E-state index is 0.0510. The number of halogens is 2. The summed E-state index contributed by atoms with van der Waals surface area (Å²) in [7, 11) is 1.85. The van der Waals surface area contributed by atoms with E-state index in [1.165, 1.54) is 24.4 Å². The molecule has 0 spiro atoms. The molecular weight excluding hydrogens is 545 g/mol. The van der Waals surface area contributed by atoms with Crippen molar-refractivity contribution < 1.29 is 19.1 Å². The number of fused-ring (bicyclic) bond motifs is 1. The Kier molecular flexibility index (Phi) is 7.64. The third-order valence-corrected chi connectivity index (χ3v) is 7.83. The highest BCUT2D eigenvalue weighted by molar-refractivity contribution is 6.43. The van der Waals surface area contributed by atoms with Crippen molar-refractivity contribution in [1.82, 2.24) is 19.4 Å². The fourth-order valence-corrected chi connectivity index (χ4v) is 5.36. The fraction of sp³-hybridized carbons (Fsp3) is 0.226. The van der Waals surface area contributed by atoms with Crippen molar-refractivity contribution in [2.24, 2.45) is 4.99 Å². The number of aromatic carboxylic acids is 1. The SMILES string of the molecule is C=C(/C=C1/N=C(C(=O)N2CCn3c(Cl)ccc3C2C)C=C(CC)N1C)c1ccc(-c2ccc(C(=O)O)cn2)cc1F. The lowest BCUT2D eigenvalue weighted by molar-refractivity contribution is -0.127. The van der Waals surface area contributed by atoms with E-state index in [2.05, 4.69) is 16.6 Å². The summed E-state index contributed by atoms with van der Waals surface area (Å²) in [6.07, 6.45) is 5.36. The summed E-state index contributed by atoms with van der Waals surface area (Å²) in [5.74, 6) is -1.30. The summed E-state index contributed by atoms with van der Waals surface area (Å²) in [6, 6.07) is 11.2. The van der Waals surface area contributed by atoms with Gasteiger partial charge in [0.25, 0.3) is 5.91 Å². The van der Waals surface area contributed by atoms with Gasteiger partial charge in [0, 0.05) is 48.9 Å².